The largest absolute Gasteiger partial charge is 0.366 e. The van der Waals surface area contributed by atoms with Gasteiger partial charge in [-0.15, -0.1) is 6.58 Å². The molecule has 24 heavy (non-hydrogen) atoms. The average Bonchev–Trinajstić information content (AvgIpc) is 3.08. The molecule has 1 aliphatic rings. The first-order chi connectivity index (χ1) is 11.7. The molecule has 1 aromatic rings. The highest BCUT2D eigenvalue weighted by atomic mass is 16.1. The van der Waals surface area contributed by atoms with E-state index in [9.17, 15) is 4.79 Å². The molecule has 3 N–H and O–H groups in total. The molecule has 1 aromatic heterocycles. The number of nitrogens with one attached hydrogen (secondary N) is 3. The molecular formula is C18H31N5O. The summed E-state index contributed by atoms with van der Waals surface area (Å²) in [6.45, 7) is 11.3. The van der Waals surface area contributed by atoms with Gasteiger partial charge in [-0.2, -0.15) is 0 Å². The van der Waals surface area contributed by atoms with Crippen molar-refractivity contribution in [1.29, 1.82) is 5.41 Å². The zero-order valence-corrected chi connectivity index (χ0v) is 15.2. The Labute approximate surface area is 145 Å². The van der Waals surface area contributed by atoms with Gasteiger partial charge in [-0.3, -0.25) is 4.79 Å². The summed E-state index contributed by atoms with van der Waals surface area (Å²) in [5.41, 5.74) is 0.0292. The minimum atomic E-state index is -0.246. The standard InChI is InChI=1S/C14H20N4O.C2H5N.C2H6/c1-2-7-16-13-11(9-15)14(19)18-12(17-13)8-10-5-3-4-6-10;1-3-2;1-2/h2,9-10,15H,1,3-8H2,(H2,16,17,18,19);1H2,2H3;1-2H3. The SMILES string of the molecule is C=CCNc1nc(CC2CCCC2)[nH]c(=O)c1C=N.C=NC.CC. The van der Waals surface area contributed by atoms with Crippen LogP contribution in [-0.2, 0) is 6.42 Å². The Kier molecular flexibility index (Phi) is 12.0. The van der Waals surface area contributed by atoms with E-state index in [1.807, 2.05) is 13.8 Å². The lowest BCUT2D eigenvalue weighted by atomic mass is 10.0. The van der Waals surface area contributed by atoms with Gasteiger partial charge in [-0.05, 0) is 12.6 Å². The van der Waals surface area contributed by atoms with Crippen LogP contribution in [0.15, 0.2) is 22.4 Å². The van der Waals surface area contributed by atoms with Gasteiger partial charge in [0, 0.05) is 26.2 Å². The fraction of sp³-hybridized carbons (Fsp3) is 0.556. The fourth-order valence-electron chi connectivity index (χ4n) is 2.55. The van der Waals surface area contributed by atoms with Crippen LogP contribution in [0.3, 0.4) is 0 Å². The minimum absolute atomic E-state index is 0.246. The van der Waals surface area contributed by atoms with Crippen LogP contribution in [-0.4, -0.2) is 36.5 Å². The Morgan fingerprint density at radius 2 is 2.00 bits per heavy atom. The normalized spacial score (nSPS) is 13.0. The van der Waals surface area contributed by atoms with Gasteiger partial charge in [-0.1, -0.05) is 45.6 Å². The summed E-state index contributed by atoms with van der Waals surface area (Å²) in [6.07, 6.45) is 8.53. The van der Waals surface area contributed by atoms with E-state index in [4.69, 9.17) is 5.41 Å². The van der Waals surface area contributed by atoms with Crippen molar-refractivity contribution in [3.05, 3.63) is 34.4 Å². The lowest BCUT2D eigenvalue weighted by Gasteiger charge is -2.11. The molecule has 0 atom stereocenters. The van der Waals surface area contributed by atoms with Gasteiger partial charge in [0.1, 0.15) is 11.6 Å². The van der Waals surface area contributed by atoms with Crippen LogP contribution in [0.2, 0.25) is 0 Å². The Bertz CT molecular complexity index is 559. The summed E-state index contributed by atoms with van der Waals surface area (Å²) in [4.78, 5) is 22.4. The molecule has 6 heteroatoms. The highest BCUT2D eigenvalue weighted by Gasteiger charge is 2.18. The molecule has 1 fully saturated rings. The van der Waals surface area contributed by atoms with E-state index >= 15 is 0 Å². The molecule has 1 heterocycles. The second-order valence-electron chi connectivity index (χ2n) is 5.26. The van der Waals surface area contributed by atoms with Crippen molar-refractivity contribution < 1.29 is 0 Å². The summed E-state index contributed by atoms with van der Waals surface area (Å²) in [5, 5.41) is 10.3. The molecule has 1 saturated carbocycles. The van der Waals surface area contributed by atoms with Crippen LogP contribution in [0, 0.1) is 11.3 Å². The molecule has 6 nitrogen and oxygen atoms in total. The number of H-pyrrole nitrogens is 1. The highest BCUT2D eigenvalue weighted by Crippen LogP contribution is 2.27. The maximum Gasteiger partial charge on any atom is 0.261 e. The van der Waals surface area contributed by atoms with E-state index in [1.54, 1.807) is 13.1 Å². The lowest BCUT2D eigenvalue weighted by molar-refractivity contribution is 0.529. The van der Waals surface area contributed by atoms with E-state index in [2.05, 4.69) is 33.6 Å². The molecule has 0 radical (unpaired) electrons. The number of hydrogen-bond acceptors (Lipinski definition) is 5. The van der Waals surface area contributed by atoms with Crippen LogP contribution in [0.1, 0.15) is 50.9 Å². The maximum absolute atomic E-state index is 11.9. The molecule has 1 aliphatic carbocycles. The van der Waals surface area contributed by atoms with E-state index in [0.29, 0.717) is 24.1 Å². The van der Waals surface area contributed by atoms with Gasteiger partial charge in [0.05, 0.1) is 5.56 Å². The number of aromatic nitrogens is 2. The Hall–Kier alpha value is -2.24. The van der Waals surface area contributed by atoms with Crippen molar-refractivity contribution in [2.45, 2.75) is 46.0 Å². The molecule has 0 aromatic carbocycles. The topological polar surface area (TPSA) is 94.0 Å². The number of anilines is 1. The zero-order chi connectivity index (χ0) is 18.4. The zero-order valence-electron chi connectivity index (χ0n) is 15.2. The predicted molar refractivity (Wildman–Crippen MR) is 104 cm³/mol. The molecule has 0 aliphatic heterocycles. The molecule has 0 bridgehead atoms. The monoisotopic (exact) mass is 333 g/mol. The van der Waals surface area contributed by atoms with E-state index in [0.717, 1.165) is 12.6 Å². The van der Waals surface area contributed by atoms with Gasteiger partial charge in [0.15, 0.2) is 0 Å². The van der Waals surface area contributed by atoms with Crippen molar-refractivity contribution >= 4 is 18.7 Å². The maximum atomic E-state index is 11.9. The number of rotatable bonds is 6. The smallest absolute Gasteiger partial charge is 0.261 e. The molecule has 0 amide bonds. The summed E-state index contributed by atoms with van der Waals surface area (Å²) in [7, 11) is 1.64. The molecular weight excluding hydrogens is 302 g/mol. The second kappa shape index (κ2) is 13.2. The highest BCUT2D eigenvalue weighted by molar-refractivity contribution is 5.83. The predicted octanol–water partition coefficient (Wildman–Crippen LogP) is 3.44. The van der Waals surface area contributed by atoms with E-state index in [1.165, 1.54) is 25.7 Å². The number of aliphatic imine (C=N–C) groups is 1. The average molecular weight is 333 g/mol. The second-order valence-corrected chi connectivity index (χ2v) is 5.26. The van der Waals surface area contributed by atoms with Crippen molar-refractivity contribution in [2.24, 2.45) is 10.9 Å². The van der Waals surface area contributed by atoms with Crippen molar-refractivity contribution in [3.63, 3.8) is 0 Å². The first-order valence-electron chi connectivity index (χ1n) is 8.49. The minimum Gasteiger partial charge on any atom is -0.366 e. The van der Waals surface area contributed by atoms with Crippen molar-refractivity contribution in [2.75, 3.05) is 18.9 Å². The van der Waals surface area contributed by atoms with Crippen LogP contribution in [0.25, 0.3) is 0 Å². The van der Waals surface area contributed by atoms with E-state index in [-0.39, 0.29) is 11.1 Å². The Balaban J connectivity index is 0.000000952. The summed E-state index contributed by atoms with van der Waals surface area (Å²) in [5.74, 6) is 1.82. The van der Waals surface area contributed by atoms with Gasteiger partial charge >= 0.3 is 0 Å². The first kappa shape index (κ1) is 21.8. The van der Waals surface area contributed by atoms with Gasteiger partial charge in [0.25, 0.3) is 5.56 Å². The van der Waals surface area contributed by atoms with Crippen molar-refractivity contribution in [3.8, 4) is 0 Å². The number of hydrogen-bond donors (Lipinski definition) is 3. The number of nitrogens with zero attached hydrogens (tertiary/aromatic N) is 2. The van der Waals surface area contributed by atoms with Crippen LogP contribution in [0.5, 0.6) is 0 Å². The summed E-state index contributed by atoms with van der Waals surface area (Å²) in [6, 6.07) is 0. The van der Waals surface area contributed by atoms with Gasteiger partial charge in [0.2, 0.25) is 0 Å². The molecule has 134 valence electrons. The Morgan fingerprint density at radius 1 is 1.42 bits per heavy atom. The third-order valence-corrected chi connectivity index (χ3v) is 3.52. The first-order valence-corrected chi connectivity index (χ1v) is 8.49. The molecule has 0 spiro atoms. The van der Waals surface area contributed by atoms with Gasteiger partial charge < -0.3 is 20.7 Å². The van der Waals surface area contributed by atoms with Gasteiger partial charge in [-0.25, -0.2) is 4.98 Å². The molecule has 0 saturated heterocycles. The molecule has 0 unspecified atom stereocenters. The van der Waals surface area contributed by atoms with E-state index < -0.39 is 0 Å². The van der Waals surface area contributed by atoms with Crippen LogP contribution >= 0.6 is 0 Å². The number of aromatic amines is 1. The third kappa shape index (κ3) is 7.35. The quantitative estimate of drug-likeness (QED) is 0.550. The van der Waals surface area contributed by atoms with Crippen molar-refractivity contribution in [1.82, 2.24) is 9.97 Å². The van der Waals surface area contributed by atoms with Crippen LogP contribution < -0.4 is 10.9 Å². The van der Waals surface area contributed by atoms with Crippen LogP contribution in [0.4, 0.5) is 5.82 Å². The fourth-order valence-corrected chi connectivity index (χ4v) is 2.55. The lowest BCUT2D eigenvalue weighted by Crippen LogP contribution is -2.21. The molecule has 2 rings (SSSR count). The third-order valence-electron chi connectivity index (χ3n) is 3.52. The summed E-state index contributed by atoms with van der Waals surface area (Å²) < 4.78 is 0. The Morgan fingerprint density at radius 3 is 2.50 bits per heavy atom. The summed E-state index contributed by atoms with van der Waals surface area (Å²) >= 11 is 0.